The van der Waals surface area contributed by atoms with Crippen molar-refractivity contribution < 1.29 is 18.6 Å². The number of hydrogen-bond donors (Lipinski definition) is 3. The van der Waals surface area contributed by atoms with Gasteiger partial charge in [0.25, 0.3) is 0 Å². The molecule has 1 rings (SSSR count). The van der Waals surface area contributed by atoms with Crippen molar-refractivity contribution in [3.8, 4) is 11.5 Å². The molecule has 1 unspecified atom stereocenters. The van der Waals surface area contributed by atoms with Crippen LogP contribution in [-0.4, -0.2) is 36.2 Å². The fourth-order valence-electron chi connectivity index (χ4n) is 1.52. The molecule has 0 aromatic heterocycles. The lowest BCUT2D eigenvalue weighted by Gasteiger charge is -2.25. The standard InChI is InChI=1S/C13H21NO4S/c1-9(10-5-11(15)7-12(16)6-10)14-8-13(2,3)19(4,17)18/h5-7,9,14-16H,8H2,1-4H3. The molecule has 0 radical (unpaired) electrons. The van der Waals surface area contributed by atoms with Crippen LogP contribution in [0.2, 0.25) is 0 Å². The van der Waals surface area contributed by atoms with E-state index in [4.69, 9.17) is 0 Å². The average molecular weight is 287 g/mol. The van der Waals surface area contributed by atoms with Crippen molar-refractivity contribution in [1.29, 1.82) is 0 Å². The minimum absolute atomic E-state index is 0.0222. The van der Waals surface area contributed by atoms with Crippen molar-refractivity contribution >= 4 is 9.84 Å². The maximum atomic E-state index is 11.6. The summed E-state index contributed by atoms with van der Waals surface area (Å²) in [5.74, 6) is -0.0444. The highest BCUT2D eigenvalue weighted by atomic mass is 32.2. The number of aromatic hydroxyl groups is 2. The van der Waals surface area contributed by atoms with E-state index < -0.39 is 14.6 Å². The molecule has 0 bridgehead atoms. The topological polar surface area (TPSA) is 86.6 Å². The van der Waals surface area contributed by atoms with Gasteiger partial charge in [-0.05, 0) is 38.5 Å². The molecule has 0 fully saturated rings. The van der Waals surface area contributed by atoms with Crippen molar-refractivity contribution in [1.82, 2.24) is 5.32 Å². The van der Waals surface area contributed by atoms with E-state index >= 15 is 0 Å². The van der Waals surface area contributed by atoms with Crippen LogP contribution in [0, 0.1) is 0 Å². The first-order valence-electron chi connectivity index (χ1n) is 5.99. The number of rotatable bonds is 5. The Kier molecular flexibility index (Phi) is 4.47. The van der Waals surface area contributed by atoms with Crippen LogP contribution in [0.3, 0.4) is 0 Å². The average Bonchev–Trinajstić information content (AvgIpc) is 2.23. The van der Waals surface area contributed by atoms with E-state index in [1.807, 2.05) is 6.92 Å². The summed E-state index contributed by atoms with van der Waals surface area (Å²) in [5, 5.41) is 21.9. The highest BCUT2D eigenvalue weighted by molar-refractivity contribution is 7.92. The van der Waals surface area contributed by atoms with Crippen LogP contribution >= 0.6 is 0 Å². The molecule has 1 aromatic rings. The first kappa shape index (κ1) is 15.8. The van der Waals surface area contributed by atoms with Gasteiger partial charge in [0.1, 0.15) is 11.5 Å². The van der Waals surface area contributed by atoms with Crippen LogP contribution in [0.25, 0.3) is 0 Å². The molecule has 1 aromatic carbocycles. The summed E-state index contributed by atoms with van der Waals surface area (Å²) in [4.78, 5) is 0. The largest absolute Gasteiger partial charge is 0.508 e. The molecule has 0 amide bonds. The summed E-state index contributed by atoms with van der Waals surface area (Å²) in [7, 11) is -3.16. The van der Waals surface area contributed by atoms with Gasteiger partial charge in [-0.1, -0.05) is 0 Å². The van der Waals surface area contributed by atoms with Crippen molar-refractivity contribution in [3.63, 3.8) is 0 Å². The maximum absolute atomic E-state index is 11.6. The number of phenolic OH excluding ortho intramolecular Hbond substituents is 2. The zero-order chi connectivity index (χ0) is 14.8. The van der Waals surface area contributed by atoms with Gasteiger partial charge < -0.3 is 15.5 Å². The molecule has 6 heteroatoms. The van der Waals surface area contributed by atoms with Gasteiger partial charge in [0.15, 0.2) is 9.84 Å². The molecule has 0 aliphatic rings. The summed E-state index contributed by atoms with van der Waals surface area (Å²) in [5.41, 5.74) is 0.696. The van der Waals surface area contributed by atoms with E-state index in [2.05, 4.69) is 5.32 Å². The van der Waals surface area contributed by atoms with Crippen molar-refractivity contribution in [2.24, 2.45) is 0 Å². The van der Waals surface area contributed by atoms with E-state index in [0.717, 1.165) is 0 Å². The second kappa shape index (κ2) is 5.38. The van der Waals surface area contributed by atoms with E-state index in [1.165, 1.54) is 24.5 Å². The molecule has 0 saturated carbocycles. The van der Waals surface area contributed by atoms with Crippen LogP contribution in [0.5, 0.6) is 11.5 Å². The molecule has 0 saturated heterocycles. The number of phenols is 2. The molecule has 5 nitrogen and oxygen atoms in total. The first-order valence-corrected chi connectivity index (χ1v) is 7.88. The summed E-state index contributed by atoms with van der Waals surface area (Å²) >= 11 is 0. The summed E-state index contributed by atoms with van der Waals surface area (Å²) in [6.45, 7) is 5.43. The second-order valence-electron chi connectivity index (χ2n) is 5.42. The molecular weight excluding hydrogens is 266 g/mol. The third-order valence-corrected chi connectivity index (χ3v) is 5.41. The third-order valence-electron chi connectivity index (χ3n) is 3.26. The molecule has 0 heterocycles. The zero-order valence-corrected chi connectivity index (χ0v) is 12.5. The number of sulfone groups is 1. The molecule has 1 atom stereocenters. The molecule has 0 aliphatic heterocycles. The lowest BCUT2D eigenvalue weighted by molar-refractivity contribution is 0.443. The van der Waals surface area contributed by atoms with Gasteiger partial charge in [-0.2, -0.15) is 0 Å². The zero-order valence-electron chi connectivity index (χ0n) is 11.6. The van der Waals surface area contributed by atoms with Gasteiger partial charge in [-0.15, -0.1) is 0 Å². The molecule has 0 aliphatic carbocycles. The Bertz CT molecular complexity index is 532. The van der Waals surface area contributed by atoms with Crippen molar-refractivity contribution in [2.75, 3.05) is 12.8 Å². The SMILES string of the molecule is CC(NCC(C)(C)S(C)(=O)=O)c1cc(O)cc(O)c1. The highest BCUT2D eigenvalue weighted by Crippen LogP contribution is 2.25. The van der Waals surface area contributed by atoms with Gasteiger partial charge in [-0.25, -0.2) is 8.42 Å². The van der Waals surface area contributed by atoms with E-state index in [-0.39, 0.29) is 24.1 Å². The molecular formula is C13H21NO4S. The van der Waals surface area contributed by atoms with E-state index in [9.17, 15) is 18.6 Å². The van der Waals surface area contributed by atoms with Crippen LogP contribution in [-0.2, 0) is 9.84 Å². The minimum Gasteiger partial charge on any atom is -0.508 e. The summed E-state index contributed by atoms with van der Waals surface area (Å²) in [6, 6.07) is 4.13. The Labute approximate surface area is 114 Å². The number of nitrogens with one attached hydrogen (secondary N) is 1. The van der Waals surface area contributed by atoms with Crippen LogP contribution in [0.15, 0.2) is 18.2 Å². The van der Waals surface area contributed by atoms with Crippen molar-refractivity contribution in [2.45, 2.75) is 31.6 Å². The predicted octanol–water partition coefficient (Wildman–Crippen LogP) is 1.57. The summed E-state index contributed by atoms with van der Waals surface area (Å²) in [6.07, 6.45) is 1.21. The molecule has 108 valence electrons. The molecule has 3 N–H and O–H groups in total. The Morgan fingerprint density at radius 1 is 1.21 bits per heavy atom. The van der Waals surface area contributed by atoms with E-state index in [1.54, 1.807) is 13.8 Å². The third kappa shape index (κ3) is 4.11. The minimum atomic E-state index is -3.16. The predicted molar refractivity (Wildman–Crippen MR) is 75.1 cm³/mol. The quantitative estimate of drug-likeness (QED) is 0.765. The van der Waals surface area contributed by atoms with E-state index in [0.29, 0.717) is 5.56 Å². The lowest BCUT2D eigenvalue weighted by atomic mass is 10.1. The number of hydrogen-bond acceptors (Lipinski definition) is 5. The monoisotopic (exact) mass is 287 g/mol. The first-order chi connectivity index (χ1) is 8.53. The fourth-order valence-corrected chi connectivity index (χ4v) is 1.86. The Balaban J connectivity index is 2.78. The number of benzene rings is 1. The van der Waals surface area contributed by atoms with Gasteiger partial charge in [0.05, 0.1) is 4.75 Å². The normalized spacial score (nSPS) is 14.3. The van der Waals surface area contributed by atoms with Gasteiger partial charge in [-0.3, -0.25) is 0 Å². The van der Waals surface area contributed by atoms with Crippen molar-refractivity contribution in [3.05, 3.63) is 23.8 Å². The van der Waals surface area contributed by atoms with Gasteiger partial charge in [0, 0.05) is 24.9 Å². The Morgan fingerprint density at radius 2 is 1.68 bits per heavy atom. The summed E-state index contributed by atoms with van der Waals surface area (Å²) < 4.78 is 22.3. The Morgan fingerprint density at radius 3 is 2.11 bits per heavy atom. The van der Waals surface area contributed by atoms with Gasteiger partial charge >= 0.3 is 0 Å². The Hall–Kier alpha value is -1.27. The van der Waals surface area contributed by atoms with Crippen LogP contribution < -0.4 is 5.32 Å². The highest BCUT2D eigenvalue weighted by Gasteiger charge is 2.30. The van der Waals surface area contributed by atoms with Crippen LogP contribution in [0.1, 0.15) is 32.4 Å². The maximum Gasteiger partial charge on any atom is 0.153 e. The van der Waals surface area contributed by atoms with Crippen LogP contribution in [0.4, 0.5) is 0 Å². The fraction of sp³-hybridized carbons (Fsp3) is 0.538. The van der Waals surface area contributed by atoms with Gasteiger partial charge in [0.2, 0.25) is 0 Å². The molecule has 0 spiro atoms. The second-order valence-corrected chi connectivity index (χ2v) is 8.07. The molecule has 19 heavy (non-hydrogen) atoms. The smallest absolute Gasteiger partial charge is 0.153 e. The lowest BCUT2D eigenvalue weighted by Crippen LogP contribution is -2.42.